The molecular weight excluding hydrogens is 620 g/mol. The number of esters is 4. The average Bonchev–Trinajstić information content (AvgIpc) is 3.38. The van der Waals surface area contributed by atoms with Gasteiger partial charge in [0, 0.05) is 11.8 Å². The lowest BCUT2D eigenvalue weighted by Gasteiger charge is -2.38. The third kappa shape index (κ3) is 5.44. The molecule has 2 saturated carbocycles. The third-order valence-electron chi connectivity index (χ3n) is 7.67. The monoisotopic (exact) mass is 640 g/mol. The van der Waals surface area contributed by atoms with Crippen LogP contribution in [0.3, 0.4) is 0 Å². The van der Waals surface area contributed by atoms with Crippen molar-refractivity contribution in [3.63, 3.8) is 0 Å². The first-order valence-corrected chi connectivity index (χ1v) is 11.8. The molecule has 8 nitrogen and oxygen atoms in total. The summed E-state index contributed by atoms with van der Waals surface area (Å²) in [6, 6.07) is 0. The fraction of sp³-hybridized carbons (Fsp3) is 0.818. The first-order chi connectivity index (χ1) is 18.7. The predicted octanol–water partition coefficient (Wildman–Crippen LogP) is 4.58. The number of rotatable bonds is 7. The zero-order valence-corrected chi connectivity index (χ0v) is 21.3. The Bertz CT molecular complexity index is 1100. The standard InChI is InChI=1S/C22H20F12O8/c1-4-17(2,3)14(36)39-9-6-5-7-10(9)40-15(37)18(7,16(38)42-13(21(29,30)31)22(32,33)34)8(6)11(35)41-12(19(23,24)25)20(26,27)28/h6-10,12-13H,4-5H2,1-3H3. The Morgan fingerprint density at radius 1 is 0.857 bits per heavy atom. The normalized spacial score (nSPS) is 29.6. The van der Waals surface area contributed by atoms with Crippen LogP contribution in [0.15, 0.2) is 0 Å². The summed E-state index contributed by atoms with van der Waals surface area (Å²) in [6.07, 6.45) is -39.6. The molecule has 0 N–H and O–H groups in total. The number of hydrogen-bond acceptors (Lipinski definition) is 8. The highest BCUT2D eigenvalue weighted by Crippen LogP contribution is 2.67. The highest BCUT2D eigenvalue weighted by atomic mass is 19.4. The van der Waals surface area contributed by atoms with Crippen LogP contribution in [-0.4, -0.2) is 73.0 Å². The molecule has 6 atom stereocenters. The first kappa shape index (κ1) is 33.5. The fourth-order valence-corrected chi connectivity index (χ4v) is 5.36. The minimum atomic E-state index is -6.36. The van der Waals surface area contributed by atoms with Gasteiger partial charge >= 0.3 is 48.6 Å². The predicted molar refractivity (Wildman–Crippen MR) is 105 cm³/mol. The number of alkyl halides is 12. The second-order valence-corrected chi connectivity index (χ2v) is 10.6. The van der Waals surface area contributed by atoms with Gasteiger partial charge in [0.25, 0.3) is 12.2 Å². The molecule has 1 aliphatic heterocycles. The van der Waals surface area contributed by atoms with Gasteiger partial charge in [-0.2, -0.15) is 52.7 Å². The van der Waals surface area contributed by atoms with E-state index in [2.05, 4.69) is 9.47 Å². The Hall–Kier alpha value is -2.96. The van der Waals surface area contributed by atoms with E-state index in [0.29, 0.717) is 0 Å². The maximum atomic E-state index is 13.1. The lowest BCUT2D eigenvalue weighted by atomic mass is 9.65. The highest BCUT2D eigenvalue weighted by Gasteiger charge is 2.83. The zero-order valence-electron chi connectivity index (χ0n) is 21.3. The van der Waals surface area contributed by atoms with E-state index < -0.39 is 108 Å². The second-order valence-electron chi connectivity index (χ2n) is 10.6. The van der Waals surface area contributed by atoms with E-state index in [1.165, 1.54) is 20.8 Å². The maximum absolute atomic E-state index is 13.1. The molecule has 0 aromatic rings. The van der Waals surface area contributed by atoms with Crippen LogP contribution in [0.25, 0.3) is 0 Å². The van der Waals surface area contributed by atoms with Gasteiger partial charge in [-0.1, -0.05) is 6.92 Å². The van der Waals surface area contributed by atoms with Gasteiger partial charge in [0.2, 0.25) is 0 Å². The molecular formula is C22H20F12O8. The van der Waals surface area contributed by atoms with Gasteiger partial charge in [0.15, 0.2) is 5.41 Å². The lowest BCUT2D eigenvalue weighted by molar-refractivity contribution is -0.319. The van der Waals surface area contributed by atoms with Crippen LogP contribution >= 0.6 is 0 Å². The molecule has 1 saturated heterocycles. The molecule has 3 rings (SSSR count). The third-order valence-corrected chi connectivity index (χ3v) is 7.67. The molecule has 6 unspecified atom stereocenters. The number of ether oxygens (including phenoxy) is 4. The molecule has 0 aromatic heterocycles. The Balaban J connectivity index is 2.13. The molecule has 0 radical (unpaired) electrons. The number of carbonyl (C=O) groups excluding carboxylic acids is 4. The van der Waals surface area contributed by atoms with Gasteiger partial charge in [0.05, 0.1) is 11.3 Å². The quantitative estimate of drug-likeness (QED) is 0.172. The summed E-state index contributed by atoms with van der Waals surface area (Å²) in [5, 5.41) is 0. The van der Waals surface area contributed by atoms with Crippen LogP contribution in [0, 0.1) is 28.6 Å². The topological polar surface area (TPSA) is 105 Å². The summed E-state index contributed by atoms with van der Waals surface area (Å²) in [6.45, 7) is 4.18. The van der Waals surface area contributed by atoms with Crippen molar-refractivity contribution in [1.82, 2.24) is 0 Å². The molecule has 240 valence electrons. The van der Waals surface area contributed by atoms with E-state index in [1.54, 1.807) is 0 Å². The lowest BCUT2D eigenvalue weighted by Crippen LogP contribution is -2.58. The Morgan fingerprint density at radius 3 is 1.74 bits per heavy atom. The van der Waals surface area contributed by atoms with Crippen molar-refractivity contribution in [1.29, 1.82) is 0 Å². The molecule has 0 aromatic carbocycles. The van der Waals surface area contributed by atoms with Crippen LogP contribution in [0.1, 0.15) is 33.6 Å². The van der Waals surface area contributed by atoms with Gasteiger partial charge in [-0.3, -0.25) is 19.2 Å². The molecule has 1 heterocycles. The van der Waals surface area contributed by atoms with Gasteiger partial charge in [-0.05, 0) is 26.7 Å². The van der Waals surface area contributed by atoms with Crippen LogP contribution in [0.4, 0.5) is 52.7 Å². The summed E-state index contributed by atoms with van der Waals surface area (Å²) < 4.78 is 175. The SMILES string of the molecule is CCC(C)(C)C(=O)OC1C2CC3C1OC(=O)C3(C(=O)OC(C(F)(F)F)C(F)(F)F)C2C(=O)OC(C(F)(F)F)C(F)(F)F. The van der Waals surface area contributed by atoms with Gasteiger partial charge in [0.1, 0.15) is 12.2 Å². The van der Waals surface area contributed by atoms with Crippen molar-refractivity contribution in [2.75, 3.05) is 0 Å². The van der Waals surface area contributed by atoms with E-state index >= 15 is 0 Å². The maximum Gasteiger partial charge on any atom is 0.434 e. The average molecular weight is 640 g/mol. The number of hydrogen-bond donors (Lipinski definition) is 0. The summed E-state index contributed by atoms with van der Waals surface area (Å²) in [5.74, 6) is -15.4. The smallest absolute Gasteiger partial charge is 0.434 e. The van der Waals surface area contributed by atoms with Gasteiger partial charge in [-0.25, -0.2) is 0 Å². The van der Waals surface area contributed by atoms with E-state index in [4.69, 9.17) is 9.47 Å². The van der Waals surface area contributed by atoms with Crippen LogP contribution < -0.4 is 0 Å². The largest absolute Gasteiger partial charge is 0.458 e. The molecule has 3 aliphatic rings. The fourth-order valence-electron chi connectivity index (χ4n) is 5.36. The number of halogens is 12. The van der Waals surface area contributed by atoms with Crippen molar-refractivity contribution in [2.45, 2.75) is 82.7 Å². The molecule has 0 amide bonds. The summed E-state index contributed by atoms with van der Waals surface area (Å²) in [7, 11) is 0. The van der Waals surface area contributed by atoms with Crippen molar-refractivity contribution >= 4 is 23.9 Å². The highest BCUT2D eigenvalue weighted by molar-refractivity contribution is 6.07. The summed E-state index contributed by atoms with van der Waals surface area (Å²) in [4.78, 5) is 51.5. The zero-order chi connectivity index (χ0) is 32.6. The minimum absolute atomic E-state index is 0.0912. The number of carbonyl (C=O) groups is 4. The first-order valence-electron chi connectivity index (χ1n) is 11.8. The Kier molecular flexibility index (Phi) is 8.03. The van der Waals surface area contributed by atoms with Crippen LogP contribution in [-0.2, 0) is 38.1 Å². The van der Waals surface area contributed by atoms with E-state index in [-0.39, 0.29) is 6.42 Å². The molecule has 0 spiro atoms. The van der Waals surface area contributed by atoms with Gasteiger partial charge in [-0.15, -0.1) is 0 Å². The molecule has 2 aliphatic carbocycles. The molecule has 42 heavy (non-hydrogen) atoms. The van der Waals surface area contributed by atoms with E-state index in [0.717, 1.165) is 0 Å². The number of fused-ring (bicyclic) bond motifs is 1. The molecule has 3 fully saturated rings. The minimum Gasteiger partial charge on any atom is -0.458 e. The van der Waals surface area contributed by atoms with Crippen molar-refractivity contribution < 1.29 is 90.8 Å². The van der Waals surface area contributed by atoms with Crippen molar-refractivity contribution in [3.8, 4) is 0 Å². The summed E-state index contributed by atoms with van der Waals surface area (Å²) in [5.41, 5.74) is -4.90. The second kappa shape index (κ2) is 10.1. The molecule has 2 bridgehead atoms. The Morgan fingerprint density at radius 2 is 1.31 bits per heavy atom. The Labute approximate surface area is 226 Å². The van der Waals surface area contributed by atoms with Crippen LogP contribution in [0.2, 0.25) is 0 Å². The summed E-state index contributed by atoms with van der Waals surface area (Å²) >= 11 is 0. The van der Waals surface area contributed by atoms with Crippen LogP contribution in [0.5, 0.6) is 0 Å². The van der Waals surface area contributed by atoms with E-state index in [1.807, 2.05) is 0 Å². The molecule has 20 heteroatoms. The van der Waals surface area contributed by atoms with Crippen molar-refractivity contribution in [3.05, 3.63) is 0 Å². The van der Waals surface area contributed by atoms with Gasteiger partial charge < -0.3 is 18.9 Å². The van der Waals surface area contributed by atoms with E-state index in [9.17, 15) is 71.9 Å². The van der Waals surface area contributed by atoms with Crippen molar-refractivity contribution in [2.24, 2.45) is 28.6 Å².